The largest absolute Gasteiger partial charge is 0.480 e. The Bertz CT molecular complexity index is 798. The van der Waals surface area contributed by atoms with Crippen molar-refractivity contribution in [1.82, 2.24) is 0 Å². The van der Waals surface area contributed by atoms with Crippen LogP contribution in [-0.4, -0.2) is 29.2 Å². The third-order valence-corrected chi connectivity index (χ3v) is 6.70. The van der Waals surface area contributed by atoms with Crippen LogP contribution in [0, 0.1) is 11.3 Å². The van der Waals surface area contributed by atoms with E-state index in [2.05, 4.69) is 0 Å². The molecule has 27 heavy (non-hydrogen) atoms. The van der Waals surface area contributed by atoms with Gasteiger partial charge in [-0.1, -0.05) is 36.0 Å². The molecular weight excluding hydrogens is 391 g/mol. The van der Waals surface area contributed by atoms with Gasteiger partial charge in [0.2, 0.25) is 0 Å². The minimum absolute atomic E-state index is 0.0395. The number of ketones is 2. The summed E-state index contributed by atoms with van der Waals surface area (Å²) in [6.07, 6.45) is 5.43. The Labute approximate surface area is 168 Å². The monoisotopic (exact) mass is 412 g/mol. The van der Waals surface area contributed by atoms with E-state index in [4.69, 9.17) is 33.0 Å². The summed E-state index contributed by atoms with van der Waals surface area (Å²) in [6.45, 7) is 0.998. The highest BCUT2D eigenvalue weighted by atomic mass is 35.5. The van der Waals surface area contributed by atoms with E-state index in [1.165, 1.54) is 6.92 Å². The maximum atomic E-state index is 13.5. The van der Waals surface area contributed by atoms with Gasteiger partial charge in [-0.3, -0.25) is 4.79 Å². The number of aliphatic carboxylic acids is 1. The topological polar surface area (TPSA) is 80.7 Å². The Morgan fingerprint density at radius 3 is 2.52 bits per heavy atom. The number of ether oxygens (including phenoxy) is 1. The summed E-state index contributed by atoms with van der Waals surface area (Å²) in [5.41, 5.74) is 0.494. The number of fused-ring (bicyclic) bond motifs is 1. The predicted molar refractivity (Wildman–Crippen MR) is 102 cm³/mol. The highest BCUT2D eigenvalue weighted by molar-refractivity contribution is 6.45. The van der Waals surface area contributed by atoms with E-state index in [0.29, 0.717) is 24.8 Å². The normalized spacial score (nSPS) is 22.1. The molecule has 3 rings (SSSR count). The molecule has 0 heterocycles. The van der Waals surface area contributed by atoms with Crippen LogP contribution in [0.1, 0.15) is 61.4 Å². The standard InChI is InChI=1S/C20H22Cl2O5/c1-11(23)6-7-20(13-4-2-3-5-13)9-12-8-14(27-10-15(24)25)17(21)18(22)16(12)19(20)26/h8,13H,2-7,9-10H2,1H3,(H,24,25). The fourth-order valence-corrected chi connectivity index (χ4v) is 5.07. The molecule has 0 bridgehead atoms. The van der Waals surface area contributed by atoms with Gasteiger partial charge in [0.05, 0.1) is 5.02 Å². The number of benzene rings is 1. The summed E-state index contributed by atoms with van der Waals surface area (Å²) < 4.78 is 5.25. The molecule has 1 saturated carbocycles. The maximum absolute atomic E-state index is 13.5. The van der Waals surface area contributed by atoms with Crippen molar-refractivity contribution in [2.45, 2.75) is 51.9 Å². The van der Waals surface area contributed by atoms with Crippen LogP contribution >= 0.6 is 23.2 Å². The Kier molecular flexibility index (Phi) is 5.82. The van der Waals surface area contributed by atoms with Crippen molar-refractivity contribution in [2.75, 3.05) is 6.61 Å². The highest BCUT2D eigenvalue weighted by Gasteiger charge is 2.52. The summed E-state index contributed by atoms with van der Waals surface area (Å²) in [5.74, 6) is -0.715. The lowest BCUT2D eigenvalue weighted by Crippen LogP contribution is -2.36. The lowest BCUT2D eigenvalue weighted by molar-refractivity contribution is -0.139. The van der Waals surface area contributed by atoms with E-state index in [1.807, 2.05) is 0 Å². The van der Waals surface area contributed by atoms with E-state index in [-0.39, 0.29) is 33.3 Å². The second-order valence-corrected chi connectivity index (χ2v) is 8.32. The Morgan fingerprint density at radius 2 is 1.93 bits per heavy atom. The van der Waals surface area contributed by atoms with Gasteiger partial charge >= 0.3 is 5.97 Å². The first-order valence-corrected chi connectivity index (χ1v) is 9.91. The third-order valence-electron chi connectivity index (χ3n) is 5.85. The van der Waals surface area contributed by atoms with Crippen LogP contribution < -0.4 is 4.74 Å². The molecule has 1 aromatic carbocycles. The van der Waals surface area contributed by atoms with Crippen LogP contribution in [-0.2, 0) is 16.0 Å². The smallest absolute Gasteiger partial charge is 0.341 e. The molecule has 0 spiro atoms. The molecule has 0 radical (unpaired) electrons. The predicted octanol–water partition coefficient (Wildman–Crippen LogP) is 4.74. The Hall–Kier alpha value is -1.59. The van der Waals surface area contributed by atoms with E-state index < -0.39 is 18.0 Å². The third kappa shape index (κ3) is 3.72. The number of carbonyl (C=O) groups is 3. The number of rotatable bonds is 7. The molecule has 1 fully saturated rings. The second-order valence-electron chi connectivity index (χ2n) is 7.56. The number of halogens is 2. The van der Waals surface area contributed by atoms with Crippen molar-refractivity contribution < 1.29 is 24.2 Å². The van der Waals surface area contributed by atoms with Gasteiger partial charge in [-0.25, -0.2) is 4.79 Å². The fraction of sp³-hybridized carbons (Fsp3) is 0.550. The van der Waals surface area contributed by atoms with Crippen molar-refractivity contribution in [1.29, 1.82) is 0 Å². The minimum atomic E-state index is -1.12. The summed E-state index contributed by atoms with van der Waals surface area (Å²) in [6, 6.07) is 1.63. The van der Waals surface area contributed by atoms with Crippen molar-refractivity contribution in [3.05, 3.63) is 27.2 Å². The number of carbonyl (C=O) groups excluding carboxylic acids is 2. The van der Waals surface area contributed by atoms with E-state index >= 15 is 0 Å². The Morgan fingerprint density at radius 1 is 1.26 bits per heavy atom. The molecule has 1 N–H and O–H groups in total. The zero-order valence-electron chi connectivity index (χ0n) is 15.1. The average Bonchev–Trinajstić information content (AvgIpc) is 3.22. The molecule has 146 valence electrons. The second kappa shape index (κ2) is 7.80. The van der Waals surface area contributed by atoms with E-state index in [1.54, 1.807) is 6.07 Å². The molecule has 2 aliphatic carbocycles. The van der Waals surface area contributed by atoms with Gasteiger partial charge < -0.3 is 14.6 Å². The van der Waals surface area contributed by atoms with Crippen molar-refractivity contribution in [2.24, 2.45) is 11.3 Å². The van der Waals surface area contributed by atoms with Crippen LogP contribution in [0.3, 0.4) is 0 Å². The van der Waals surface area contributed by atoms with Gasteiger partial charge in [-0.2, -0.15) is 0 Å². The van der Waals surface area contributed by atoms with Crippen LogP contribution in [0.2, 0.25) is 10.0 Å². The van der Waals surface area contributed by atoms with Gasteiger partial charge in [0.15, 0.2) is 12.4 Å². The van der Waals surface area contributed by atoms with Crippen molar-refractivity contribution in [3.8, 4) is 5.75 Å². The molecule has 0 amide bonds. The lowest BCUT2D eigenvalue weighted by Gasteiger charge is -2.33. The highest BCUT2D eigenvalue weighted by Crippen LogP contribution is 2.54. The molecular formula is C20H22Cl2O5. The number of Topliss-reactive ketones (excluding diaryl/α,β-unsaturated/α-hetero) is 2. The SMILES string of the molecule is CC(=O)CCC1(C2CCCC2)Cc2cc(OCC(=O)O)c(Cl)c(Cl)c2C1=O. The first kappa shape index (κ1) is 20.2. The molecule has 0 saturated heterocycles. The van der Waals surface area contributed by atoms with Crippen molar-refractivity contribution in [3.63, 3.8) is 0 Å². The number of hydrogen-bond acceptors (Lipinski definition) is 4. The van der Waals surface area contributed by atoms with Gasteiger partial charge in [0.1, 0.15) is 16.6 Å². The summed E-state index contributed by atoms with van der Waals surface area (Å²) in [4.78, 5) is 35.9. The first-order valence-electron chi connectivity index (χ1n) is 9.16. The lowest BCUT2D eigenvalue weighted by atomic mass is 9.68. The number of carboxylic acid groups (broad SMARTS) is 1. The molecule has 0 aliphatic heterocycles. The van der Waals surface area contributed by atoms with Crippen molar-refractivity contribution >= 4 is 40.7 Å². The van der Waals surface area contributed by atoms with E-state index in [9.17, 15) is 14.4 Å². The first-order chi connectivity index (χ1) is 12.8. The molecule has 1 atom stereocenters. The van der Waals surface area contributed by atoms with Gasteiger partial charge in [0.25, 0.3) is 0 Å². The summed E-state index contributed by atoms with van der Waals surface area (Å²) >= 11 is 12.7. The van der Waals surface area contributed by atoms with Crippen LogP contribution in [0.4, 0.5) is 0 Å². The molecule has 1 unspecified atom stereocenters. The minimum Gasteiger partial charge on any atom is -0.480 e. The number of carboxylic acids is 1. The Balaban J connectivity index is 2.01. The summed E-state index contributed by atoms with van der Waals surface area (Å²) in [5, 5.41) is 9.00. The summed E-state index contributed by atoms with van der Waals surface area (Å²) in [7, 11) is 0. The molecule has 2 aliphatic rings. The van der Waals surface area contributed by atoms with Gasteiger partial charge in [-0.05, 0) is 50.2 Å². The quantitative estimate of drug-likeness (QED) is 0.698. The van der Waals surface area contributed by atoms with Crippen LogP contribution in [0.25, 0.3) is 0 Å². The van der Waals surface area contributed by atoms with E-state index in [0.717, 1.165) is 31.2 Å². The zero-order chi connectivity index (χ0) is 19.8. The fourth-order valence-electron chi connectivity index (χ4n) is 4.56. The van der Waals surface area contributed by atoms with Crippen LogP contribution in [0.15, 0.2) is 6.07 Å². The van der Waals surface area contributed by atoms with Gasteiger partial charge in [-0.15, -0.1) is 0 Å². The maximum Gasteiger partial charge on any atom is 0.341 e. The molecule has 0 aromatic heterocycles. The van der Waals surface area contributed by atoms with Gasteiger partial charge in [0, 0.05) is 17.4 Å². The molecule has 5 nitrogen and oxygen atoms in total. The number of hydrogen-bond donors (Lipinski definition) is 1. The zero-order valence-corrected chi connectivity index (χ0v) is 16.7. The average molecular weight is 413 g/mol. The molecule has 1 aromatic rings. The van der Waals surface area contributed by atoms with Crippen LogP contribution in [0.5, 0.6) is 5.75 Å². The molecule has 7 heteroatoms.